The Kier molecular flexibility index (Phi) is 4.41. The van der Waals surface area contributed by atoms with Crippen molar-refractivity contribution in [3.63, 3.8) is 0 Å². The molecule has 1 saturated carbocycles. The first-order chi connectivity index (χ1) is 9.88. The zero-order valence-corrected chi connectivity index (χ0v) is 12.6. The van der Waals surface area contributed by atoms with Crippen molar-refractivity contribution in [1.29, 1.82) is 0 Å². The molecule has 1 fully saturated rings. The molecule has 108 valence electrons. The van der Waals surface area contributed by atoms with E-state index in [-0.39, 0.29) is 0 Å². The Labute approximate surface area is 122 Å². The summed E-state index contributed by atoms with van der Waals surface area (Å²) in [6.45, 7) is 4.44. The van der Waals surface area contributed by atoms with Crippen LogP contribution in [0.15, 0.2) is 30.5 Å². The third-order valence-electron chi connectivity index (χ3n) is 4.32. The van der Waals surface area contributed by atoms with Crippen LogP contribution in [0.1, 0.15) is 51.0 Å². The molecule has 0 spiro atoms. The van der Waals surface area contributed by atoms with Crippen LogP contribution in [0.3, 0.4) is 0 Å². The minimum Gasteiger partial charge on any atom is -0.347 e. The van der Waals surface area contributed by atoms with Crippen LogP contribution in [0.25, 0.3) is 10.9 Å². The van der Waals surface area contributed by atoms with Gasteiger partial charge in [-0.1, -0.05) is 38.3 Å². The van der Waals surface area contributed by atoms with Crippen molar-refractivity contribution in [1.82, 2.24) is 9.88 Å². The van der Waals surface area contributed by atoms with Crippen LogP contribution in [0.2, 0.25) is 0 Å². The van der Waals surface area contributed by atoms with Crippen LogP contribution in [0.5, 0.6) is 0 Å². The predicted molar refractivity (Wildman–Crippen MR) is 85.9 cm³/mol. The third-order valence-corrected chi connectivity index (χ3v) is 4.32. The van der Waals surface area contributed by atoms with Crippen LogP contribution < -0.4 is 5.32 Å². The van der Waals surface area contributed by atoms with E-state index in [1.165, 1.54) is 55.0 Å². The second kappa shape index (κ2) is 6.45. The molecule has 1 aliphatic rings. The summed E-state index contributed by atoms with van der Waals surface area (Å²) in [5.74, 6) is 0. The van der Waals surface area contributed by atoms with E-state index in [0.29, 0.717) is 0 Å². The van der Waals surface area contributed by atoms with Gasteiger partial charge in [0.25, 0.3) is 0 Å². The average molecular weight is 270 g/mol. The van der Waals surface area contributed by atoms with Crippen molar-refractivity contribution in [2.24, 2.45) is 0 Å². The maximum absolute atomic E-state index is 3.62. The first kappa shape index (κ1) is 13.7. The number of benzene rings is 1. The number of unbranched alkanes of at least 4 members (excludes halogenated alkanes) is 3. The van der Waals surface area contributed by atoms with Gasteiger partial charge in [0.05, 0.1) is 0 Å². The van der Waals surface area contributed by atoms with E-state index < -0.39 is 0 Å². The van der Waals surface area contributed by atoms with E-state index in [0.717, 1.165) is 19.1 Å². The highest BCUT2D eigenvalue weighted by Crippen LogP contribution is 2.23. The van der Waals surface area contributed by atoms with Crippen LogP contribution in [-0.2, 0) is 13.1 Å². The Hall–Kier alpha value is -1.28. The smallest absolute Gasteiger partial charge is 0.0483 e. The summed E-state index contributed by atoms with van der Waals surface area (Å²) >= 11 is 0. The first-order valence-electron chi connectivity index (χ1n) is 8.18. The van der Waals surface area contributed by atoms with Crippen molar-refractivity contribution < 1.29 is 0 Å². The molecule has 0 aliphatic heterocycles. The van der Waals surface area contributed by atoms with E-state index in [9.17, 15) is 0 Å². The fourth-order valence-electron chi connectivity index (χ4n) is 2.89. The van der Waals surface area contributed by atoms with Crippen LogP contribution in [0.4, 0.5) is 0 Å². The zero-order chi connectivity index (χ0) is 13.8. The van der Waals surface area contributed by atoms with Crippen molar-refractivity contribution >= 4 is 10.9 Å². The molecule has 1 aromatic carbocycles. The van der Waals surface area contributed by atoms with E-state index in [1.54, 1.807) is 0 Å². The molecule has 20 heavy (non-hydrogen) atoms. The van der Waals surface area contributed by atoms with Gasteiger partial charge in [0.2, 0.25) is 0 Å². The van der Waals surface area contributed by atoms with Crippen molar-refractivity contribution in [2.45, 2.75) is 64.6 Å². The molecule has 2 aromatic rings. The van der Waals surface area contributed by atoms with Gasteiger partial charge in [-0.2, -0.15) is 0 Å². The first-order valence-corrected chi connectivity index (χ1v) is 8.18. The Balaban J connectivity index is 1.69. The lowest BCUT2D eigenvalue weighted by atomic mass is 10.1. The Morgan fingerprint density at radius 3 is 2.85 bits per heavy atom. The van der Waals surface area contributed by atoms with Crippen molar-refractivity contribution in [2.75, 3.05) is 0 Å². The molecule has 0 atom stereocenters. The molecule has 0 radical (unpaired) electrons. The Bertz CT molecular complexity index is 552. The van der Waals surface area contributed by atoms with Gasteiger partial charge in [0.1, 0.15) is 0 Å². The summed E-state index contributed by atoms with van der Waals surface area (Å²) in [5, 5.41) is 5.05. The van der Waals surface area contributed by atoms with Gasteiger partial charge in [-0.3, -0.25) is 0 Å². The average Bonchev–Trinajstić information content (AvgIpc) is 3.21. The number of hydrogen-bond donors (Lipinski definition) is 1. The molecule has 2 nitrogen and oxygen atoms in total. The molecule has 1 heterocycles. The highest BCUT2D eigenvalue weighted by atomic mass is 15.0. The lowest BCUT2D eigenvalue weighted by Gasteiger charge is -2.08. The van der Waals surface area contributed by atoms with Crippen LogP contribution in [0, 0.1) is 0 Å². The maximum atomic E-state index is 3.62. The molecular weight excluding hydrogens is 244 g/mol. The molecular formula is C18H26N2. The van der Waals surface area contributed by atoms with E-state index in [4.69, 9.17) is 0 Å². The summed E-state index contributed by atoms with van der Waals surface area (Å²) in [7, 11) is 0. The van der Waals surface area contributed by atoms with Gasteiger partial charge < -0.3 is 9.88 Å². The second-order valence-electron chi connectivity index (χ2n) is 6.07. The van der Waals surface area contributed by atoms with Gasteiger partial charge in [0, 0.05) is 36.2 Å². The molecule has 2 heteroatoms. The summed E-state index contributed by atoms with van der Waals surface area (Å²) < 4.78 is 2.42. The molecule has 0 saturated heterocycles. The second-order valence-corrected chi connectivity index (χ2v) is 6.07. The minimum atomic E-state index is 0.779. The molecule has 0 unspecified atom stereocenters. The molecule has 0 amide bonds. The highest BCUT2D eigenvalue weighted by molar-refractivity contribution is 5.83. The summed E-state index contributed by atoms with van der Waals surface area (Å²) in [4.78, 5) is 0. The predicted octanol–water partition coefficient (Wildman–Crippen LogP) is 4.47. The topological polar surface area (TPSA) is 17.0 Å². The number of fused-ring (bicyclic) bond motifs is 1. The SMILES string of the molecule is CCCCCCn1ccc2c(CNC3CC3)cccc21. The lowest BCUT2D eigenvalue weighted by Crippen LogP contribution is -2.15. The van der Waals surface area contributed by atoms with Gasteiger partial charge in [-0.15, -0.1) is 0 Å². The van der Waals surface area contributed by atoms with Crippen LogP contribution >= 0.6 is 0 Å². The maximum Gasteiger partial charge on any atom is 0.0483 e. The molecule has 3 rings (SSSR count). The number of aromatic nitrogens is 1. The normalized spacial score (nSPS) is 15.1. The van der Waals surface area contributed by atoms with Crippen molar-refractivity contribution in [3.8, 4) is 0 Å². The molecule has 1 aromatic heterocycles. The third kappa shape index (κ3) is 3.24. The number of aryl methyl sites for hydroxylation is 1. The zero-order valence-electron chi connectivity index (χ0n) is 12.6. The number of nitrogens with zero attached hydrogens (tertiary/aromatic N) is 1. The van der Waals surface area contributed by atoms with E-state index in [2.05, 4.69) is 47.3 Å². The largest absolute Gasteiger partial charge is 0.347 e. The Morgan fingerprint density at radius 1 is 1.15 bits per heavy atom. The van der Waals surface area contributed by atoms with Gasteiger partial charge in [-0.05, 0) is 37.0 Å². The summed E-state index contributed by atoms with van der Waals surface area (Å²) in [5.41, 5.74) is 2.85. The Morgan fingerprint density at radius 2 is 2.05 bits per heavy atom. The van der Waals surface area contributed by atoms with E-state index >= 15 is 0 Å². The highest BCUT2D eigenvalue weighted by Gasteiger charge is 2.20. The standard InChI is InChI=1S/C18H26N2/c1-2-3-4-5-12-20-13-11-17-15(7-6-8-18(17)20)14-19-16-9-10-16/h6-8,11,13,16,19H,2-5,9-10,12,14H2,1H3. The fraction of sp³-hybridized carbons (Fsp3) is 0.556. The quantitative estimate of drug-likeness (QED) is 0.700. The monoisotopic (exact) mass is 270 g/mol. The van der Waals surface area contributed by atoms with Gasteiger partial charge in [-0.25, -0.2) is 0 Å². The van der Waals surface area contributed by atoms with Gasteiger partial charge in [0.15, 0.2) is 0 Å². The van der Waals surface area contributed by atoms with Gasteiger partial charge >= 0.3 is 0 Å². The van der Waals surface area contributed by atoms with E-state index in [1.807, 2.05) is 0 Å². The number of hydrogen-bond acceptors (Lipinski definition) is 1. The number of rotatable bonds is 8. The van der Waals surface area contributed by atoms with Crippen molar-refractivity contribution in [3.05, 3.63) is 36.0 Å². The summed E-state index contributed by atoms with van der Waals surface area (Å²) in [6.07, 6.45) is 10.3. The summed E-state index contributed by atoms with van der Waals surface area (Å²) in [6, 6.07) is 9.80. The molecule has 1 aliphatic carbocycles. The molecule has 0 bridgehead atoms. The lowest BCUT2D eigenvalue weighted by molar-refractivity contribution is 0.593. The molecule has 1 N–H and O–H groups in total. The van der Waals surface area contributed by atoms with Crippen LogP contribution in [-0.4, -0.2) is 10.6 Å². The fourth-order valence-corrected chi connectivity index (χ4v) is 2.89. The minimum absolute atomic E-state index is 0.779. The number of nitrogens with one attached hydrogen (secondary N) is 1.